The number of carbonyl (C=O) groups is 2. The van der Waals surface area contributed by atoms with Crippen LogP contribution in [-0.4, -0.2) is 25.0 Å². The predicted octanol–water partition coefficient (Wildman–Crippen LogP) is 0.351. The Balaban J connectivity index is 2.15. The Hall–Kier alpha value is -1.10. The third-order valence-corrected chi connectivity index (χ3v) is 2.91. The standard InChI is InChI=1S/C10H19N3O2/c1-10(4-2-3-5-10)7-12-6-8(14)13-9(11)15/h12H,2-7H2,1H3,(H3,11,13,14,15). The molecule has 0 saturated heterocycles. The van der Waals surface area contributed by atoms with E-state index in [1.807, 2.05) is 5.32 Å². The molecule has 0 unspecified atom stereocenters. The second-order valence-electron chi connectivity index (χ2n) is 4.53. The summed E-state index contributed by atoms with van der Waals surface area (Å²) in [5.74, 6) is -0.371. The Bertz CT molecular complexity index is 247. The van der Waals surface area contributed by atoms with Crippen molar-refractivity contribution in [3.63, 3.8) is 0 Å². The summed E-state index contributed by atoms with van der Waals surface area (Å²) in [6.45, 7) is 3.19. The van der Waals surface area contributed by atoms with Crippen LogP contribution in [0.4, 0.5) is 4.79 Å². The van der Waals surface area contributed by atoms with Gasteiger partial charge in [0.05, 0.1) is 6.54 Å². The van der Waals surface area contributed by atoms with E-state index in [1.165, 1.54) is 25.7 Å². The third-order valence-electron chi connectivity index (χ3n) is 2.91. The molecule has 86 valence electrons. The molecule has 4 N–H and O–H groups in total. The molecule has 1 aliphatic carbocycles. The number of amides is 3. The van der Waals surface area contributed by atoms with Crippen LogP contribution in [0.15, 0.2) is 0 Å². The van der Waals surface area contributed by atoms with Gasteiger partial charge in [0, 0.05) is 6.54 Å². The summed E-state index contributed by atoms with van der Waals surface area (Å²) in [6.07, 6.45) is 4.95. The van der Waals surface area contributed by atoms with E-state index in [9.17, 15) is 9.59 Å². The van der Waals surface area contributed by atoms with Gasteiger partial charge in [0.25, 0.3) is 0 Å². The minimum Gasteiger partial charge on any atom is -0.351 e. The van der Waals surface area contributed by atoms with E-state index in [0.29, 0.717) is 5.41 Å². The highest BCUT2D eigenvalue weighted by molar-refractivity contribution is 5.94. The van der Waals surface area contributed by atoms with Crippen molar-refractivity contribution in [1.29, 1.82) is 0 Å². The second kappa shape index (κ2) is 5.11. The quantitative estimate of drug-likeness (QED) is 0.630. The monoisotopic (exact) mass is 213 g/mol. The fourth-order valence-corrected chi connectivity index (χ4v) is 2.06. The molecule has 0 aliphatic heterocycles. The minimum atomic E-state index is -0.797. The lowest BCUT2D eigenvalue weighted by Crippen LogP contribution is -2.42. The summed E-state index contributed by atoms with van der Waals surface area (Å²) in [5.41, 5.74) is 5.13. The van der Waals surface area contributed by atoms with Gasteiger partial charge in [0.2, 0.25) is 5.91 Å². The Morgan fingerprint density at radius 3 is 2.47 bits per heavy atom. The number of nitrogens with two attached hydrogens (primary N) is 1. The first kappa shape index (κ1) is 12.0. The molecule has 0 radical (unpaired) electrons. The van der Waals surface area contributed by atoms with Gasteiger partial charge in [-0.25, -0.2) is 4.79 Å². The summed E-state index contributed by atoms with van der Waals surface area (Å²) >= 11 is 0. The lowest BCUT2D eigenvalue weighted by Gasteiger charge is -2.23. The molecule has 1 rings (SSSR count). The average molecular weight is 213 g/mol. The highest BCUT2D eigenvalue weighted by atomic mass is 16.2. The first-order valence-electron chi connectivity index (χ1n) is 5.32. The molecule has 1 fully saturated rings. The zero-order valence-electron chi connectivity index (χ0n) is 9.14. The largest absolute Gasteiger partial charge is 0.351 e. The summed E-state index contributed by atoms with van der Waals surface area (Å²) in [7, 11) is 0. The van der Waals surface area contributed by atoms with E-state index in [0.717, 1.165) is 6.54 Å². The molecule has 15 heavy (non-hydrogen) atoms. The Morgan fingerprint density at radius 2 is 1.93 bits per heavy atom. The summed E-state index contributed by atoms with van der Waals surface area (Å²) in [5, 5.41) is 5.07. The van der Waals surface area contributed by atoms with E-state index in [2.05, 4.69) is 12.2 Å². The highest BCUT2D eigenvalue weighted by Crippen LogP contribution is 2.36. The van der Waals surface area contributed by atoms with E-state index in [4.69, 9.17) is 5.73 Å². The number of imide groups is 1. The average Bonchev–Trinajstić information content (AvgIpc) is 2.51. The van der Waals surface area contributed by atoms with Gasteiger partial charge in [0.1, 0.15) is 0 Å². The maximum absolute atomic E-state index is 11.1. The second-order valence-corrected chi connectivity index (χ2v) is 4.53. The topological polar surface area (TPSA) is 84.2 Å². The van der Waals surface area contributed by atoms with Crippen molar-refractivity contribution >= 4 is 11.9 Å². The molecule has 0 aromatic carbocycles. The molecule has 0 spiro atoms. The van der Waals surface area contributed by atoms with E-state index >= 15 is 0 Å². The zero-order valence-corrected chi connectivity index (χ0v) is 9.14. The van der Waals surface area contributed by atoms with Gasteiger partial charge in [0.15, 0.2) is 0 Å². The summed E-state index contributed by atoms with van der Waals surface area (Å²) in [6, 6.07) is -0.797. The Morgan fingerprint density at radius 1 is 1.33 bits per heavy atom. The van der Waals surface area contributed by atoms with Crippen molar-refractivity contribution in [3.05, 3.63) is 0 Å². The van der Waals surface area contributed by atoms with Crippen LogP contribution >= 0.6 is 0 Å². The van der Waals surface area contributed by atoms with Crippen LogP contribution in [0.5, 0.6) is 0 Å². The molecule has 0 bridgehead atoms. The van der Waals surface area contributed by atoms with Crippen LogP contribution < -0.4 is 16.4 Å². The van der Waals surface area contributed by atoms with Crippen molar-refractivity contribution in [2.45, 2.75) is 32.6 Å². The van der Waals surface area contributed by atoms with E-state index < -0.39 is 6.03 Å². The van der Waals surface area contributed by atoms with Crippen molar-refractivity contribution in [3.8, 4) is 0 Å². The number of rotatable bonds is 4. The molecule has 1 saturated carbocycles. The molecular weight excluding hydrogens is 194 g/mol. The molecule has 5 heteroatoms. The summed E-state index contributed by atoms with van der Waals surface area (Å²) < 4.78 is 0. The maximum atomic E-state index is 11.1. The molecular formula is C10H19N3O2. The molecule has 0 aromatic heterocycles. The molecule has 0 aromatic rings. The van der Waals surface area contributed by atoms with Gasteiger partial charge in [-0.05, 0) is 18.3 Å². The van der Waals surface area contributed by atoms with Crippen molar-refractivity contribution in [1.82, 2.24) is 10.6 Å². The zero-order chi connectivity index (χ0) is 11.3. The molecule has 0 atom stereocenters. The van der Waals surface area contributed by atoms with E-state index in [-0.39, 0.29) is 12.5 Å². The van der Waals surface area contributed by atoms with Crippen LogP contribution in [0.2, 0.25) is 0 Å². The van der Waals surface area contributed by atoms with Gasteiger partial charge >= 0.3 is 6.03 Å². The maximum Gasteiger partial charge on any atom is 0.318 e. The fraction of sp³-hybridized carbons (Fsp3) is 0.800. The molecule has 0 heterocycles. The first-order chi connectivity index (χ1) is 7.02. The number of hydrogen-bond acceptors (Lipinski definition) is 3. The smallest absolute Gasteiger partial charge is 0.318 e. The Labute approximate surface area is 89.8 Å². The number of hydrogen-bond donors (Lipinski definition) is 3. The molecule has 5 nitrogen and oxygen atoms in total. The Kier molecular flexibility index (Phi) is 4.08. The number of primary amides is 1. The van der Waals surface area contributed by atoms with Crippen LogP contribution in [0.25, 0.3) is 0 Å². The molecule has 3 amide bonds. The van der Waals surface area contributed by atoms with Gasteiger partial charge in [-0.1, -0.05) is 19.8 Å². The van der Waals surface area contributed by atoms with Crippen molar-refractivity contribution < 1.29 is 9.59 Å². The number of nitrogens with one attached hydrogen (secondary N) is 2. The van der Waals surface area contributed by atoms with Crippen LogP contribution in [0.1, 0.15) is 32.6 Å². The fourth-order valence-electron chi connectivity index (χ4n) is 2.06. The predicted molar refractivity (Wildman–Crippen MR) is 57.2 cm³/mol. The van der Waals surface area contributed by atoms with E-state index in [1.54, 1.807) is 0 Å². The van der Waals surface area contributed by atoms with Crippen LogP contribution in [0, 0.1) is 5.41 Å². The number of carbonyl (C=O) groups excluding carboxylic acids is 2. The lowest BCUT2D eigenvalue weighted by atomic mass is 9.89. The SMILES string of the molecule is CC1(CNCC(=O)NC(N)=O)CCCC1. The van der Waals surface area contributed by atoms with Crippen LogP contribution in [-0.2, 0) is 4.79 Å². The van der Waals surface area contributed by atoms with Crippen molar-refractivity contribution in [2.24, 2.45) is 11.1 Å². The van der Waals surface area contributed by atoms with Crippen molar-refractivity contribution in [2.75, 3.05) is 13.1 Å². The number of urea groups is 1. The van der Waals surface area contributed by atoms with Crippen LogP contribution in [0.3, 0.4) is 0 Å². The van der Waals surface area contributed by atoms with Gasteiger partial charge < -0.3 is 11.1 Å². The first-order valence-corrected chi connectivity index (χ1v) is 5.32. The van der Waals surface area contributed by atoms with Gasteiger partial charge in [-0.15, -0.1) is 0 Å². The van der Waals surface area contributed by atoms with Gasteiger partial charge in [-0.2, -0.15) is 0 Å². The normalized spacial score (nSPS) is 18.7. The summed E-state index contributed by atoms with van der Waals surface area (Å²) in [4.78, 5) is 21.4. The molecule has 1 aliphatic rings. The lowest BCUT2D eigenvalue weighted by molar-refractivity contribution is -0.119. The highest BCUT2D eigenvalue weighted by Gasteiger charge is 2.28. The third kappa shape index (κ3) is 4.29. The van der Waals surface area contributed by atoms with Gasteiger partial charge in [-0.3, -0.25) is 10.1 Å². The minimum absolute atomic E-state index is 0.151.